The summed E-state index contributed by atoms with van der Waals surface area (Å²) in [6.45, 7) is 0. The third-order valence-corrected chi connectivity index (χ3v) is 2.18. The average molecular weight is 240 g/mol. The number of anilines is 1. The minimum atomic E-state index is -0.434. The second-order valence-corrected chi connectivity index (χ2v) is 3.44. The molecule has 2 N–H and O–H groups in total. The van der Waals surface area contributed by atoms with Crippen molar-refractivity contribution in [3.63, 3.8) is 0 Å². The highest BCUT2D eigenvalue weighted by Gasteiger charge is 2.07. The molecular weight excluding hydrogens is 232 g/mol. The molecule has 0 aliphatic carbocycles. The minimum Gasteiger partial charge on any atom is -0.325 e. The van der Waals surface area contributed by atoms with Crippen LogP contribution in [0.2, 0.25) is 0 Å². The summed E-state index contributed by atoms with van der Waals surface area (Å²) in [4.78, 5) is 28.6. The predicted octanol–water partition coefficient (Wildman–Crippen LogP) is 0.894. The van der Waals surface area contributed by atoms with E-state index in [4.69, 9.17) is 5.26 Å². The number of hydrogen-bond donors (Lipinski definition) is 2. The Morgan fingerprint density at radius 2 is 2.06 bits per heavy atom. The van der Waals surface area contributed by atoms with Crippen LogP contribution in [0.1, 0.15) is 16.1 Å². The van der Waals surface area contributed by atoms with Crippen LogP contribution in [0, 0.1) is 11.3 Å². The monoisotopic (exact) mass is 240 g/mol. The molecule has 0 unspecified atom stereocenters. The van der Waals surface area contributed by atoms with Gasteiger partial charge in [0.25, 0.3) is 11.5 Å². The summed E-state index contributed by atoms with van der Waals surface area (Å²) in [6.07, 6.45) is 2.27. The molecule has 2 rings (SSSR count). The van der Waals surface area contributed by atoms with Crippen LogP contribution < -0.4 is 10.9 Å². The van der Waals surface area contributed by atoms with Gasteiger partial charge in [0.15, 0.2) is 0 Å². The van der Waals surface area contributed by atoms with Crippen molar-refractivity contribution in [2.24, 2.45) is 0 Å². The lowest BCUT2D eigenvalue weighted by molar-refractivity contribution is 0.102. The lowest BCUT2D eigenvalue weighted by atomic mass is 10.2. The van der Waals surface area contributed by atoms with Gasteiger partial charge < -0.3 is 10.3 Å². The molecule has 18 heavy (non-hydrogen) atoms. The molecule has 6 nitrogen and oxygen atoms in total. The molecule has 0 radical (unpaired) electrons. The van der Waals surface area contributed by atoms with E-state index in [9.17, 15) is 9.59 Å². The van der Waals surface area contributed by atoms with Crippen LogP contribution in [0.5, 0.6) is 0 Å². The second-order valence-electron chi connectivity index (χ2n) is 3.44. The molecule has 0 aliphatic heterocycles. The van der Waals surface area contributed by atoms with Crippen LogP contribution in [-0.2, 0) is 0 Å². The maximum atomic E-state index is 11.7. The van der Waals surface area contributed by atoms with Gasteiger partial charge in [0.1, 0.15) is 5.69 Å². The van der Waals surface area contributed by atoms with E-state index in [0.29, 0.717) is 11.3 Å². The van der Waals surface area contributed by atoms with E-state index in [2.05, 4.69) is 15.3 Å². The van der Waals surface area contributed by atoms with Gasteiger partial charge >= 0.3 is 0 Å². The topological polar surface area (TPSA) is 98.6 Å². The van der Waals surface area contributed by atoms with Gasteiger partial charge in [0.2, 0.25) is 0 Å². The summed E-state index contributed by atoms with van der Waals surface area (Å²) in [6, 6.07) is 8.39. The van der Waals surface area contributed by atoms with Gasteiger partial charge in [0, 0.05) is 11.9 Å². The fourth-order valence-corrected chi connectivity index (χ4v) is 1.29. The Kier molecular flexibility index (Phi) is 3.16. The van der Waals surface area contributed by atoms with Crippen molar-refractivity contribution < 1.29 is 4.79 Å². The fourth-order valence-electron chi connectivity index (χ4n) is 1.29. The SMILES string of the molecule is N#Cc1ccc(NC(=O)c2c[nH]c(=O)cn2)cc1. The lowest BCUT2D eigenvalue weighted by Crippen LogP contribution is -2.16. The van der Waals surface area contributed by atoms with Crippen molar-refractivity contribution in [3.8, 4) is 6.07 Å². The zero-order valence-corrected chi connectivity index (χ0v) is 9.18. The highest BCUT2D eigenvalue weighted by Crippen LogP contribution is 2.09. The second kappa shape index (κ2) is 4.93. The average Bonchev–Trinajstić information content (AvgIpc) is 2.40. The first-order chi connectivity index (χ1) is 8.69. The van der Waals surface area contributed by atoms with E-state index >= 15 is 0 Å². The number of H-pyrrole nitrogens is 1. The minimum absolute atomic E-state index is 0.110. The molecule has 6 heteroatoms. The van der Waals surface area contributed by atoms with Gasteiger partial charge in [-0.1, -0.05) is 0 Å². The predicted molar refractivity (Wildman–Crippen MR) is 64.0 cm³/mol. The number of carbonyl (C=O) groups excluding carboxylic acids is 1. The summed E-state index contributed by atoms with van der Waals surface area (Å²) in [7, 11) is 0. The van der Waals surface area contributed by atoms with Gasteiger partial charge in [-0.15, -0.1) is 0 Å². The molecule has 0 atom stereocenters. The number of aromatic nitrogens is 2. The molecule has 0 spiro atoms. The highest BCUT2D eigenvalue weighted by molar-refractivity contribution is 6.02. The van der Waals surface area contributed by atoms with Gasteiger partial charge in [0.05, 0.1) is 17.8 Å². The summed E-state index contributed by atoms with van der Waals surface area (Å²) in [5.74, 6) is -0.434. The first kappa shape index (κ1) is 11.5. The Morgan fingerprint density at radius 3 is 2.61 bits per heavy atom. The van der Waals surface area contributed by atoms with Crippen molar-refractivity contribution in [1.82, 2.24) is 9.97 Å². The van der Waals surface area contributed by atoms with Gasteiger partial charge in [-0.05, 0) is 24.3 Å². The third-order valence-electron chi connectivity index (χ3n) is 2.18. The van der Waals surface area contributed by atoms with Crippen LogP contribution in [0.15, 0.2) is 41.5 Å². The molecule has 88 valence electrons. The molecule has 1 heterocycles. The first-order valence-electron chi connectivity index (χ1n) is 5.05. The molecule has 2 aromatic rings. The van der Waals surface area contributed by atoms with E-state index in [1.54, 1.807) is 24.3 Å². The zero-order chi connectivity index (χ0) is 13.0. The first-order valence-corrected chi connectivity index (χ1v) is 5.05. The van der Waals surface area contributed by atoms with Crippen LogP contribution >= 0.6 is 0 Å². The molecule has 1 aromatic heterocycles. The Labute approximate surface area is 102 Å². The Balaban J connectivity index is 2.13. The van der Waals surface area contributed by atoms with E-state index in [1.165, 1.54) is 6.20 Å². The van der Waals surface area contributed by atoms with Crippen LogP contribution in [0.4, 0.5) is 5.69 Å². The summed E-state index contributed by atoms with van der Waals surface area (Å²) in [5, 5.41) is 11.2. The Morgan fingerprint density at radius 1 is 1.33 bits per heavy atom. The maximum Gasteiger partial charge on any atom is 0.275 e. The van der Waals surface area contributed by atoms with Crippen molar-refractivity contribution in [2.45, 2.75) is 0 Å². The summed E-state index contributed by atoms with van der Waals surface area (Å²) < 4.78 is 0. The van der Waals surface area contributed by atoms with E-state index in [-0.39, 0.29) is 11.3 Å². The number of rotatable bonds is 2. The number of nitriles is 1. The number of nitrogens with zero attached hydrogens (tertiary/aromatic N) is 2. The molecular formula is C12H8N4O2. The van der Waals surface area contributed by atoms with E-state index < -0.39 is 5.91 Å². The smallest absolute Gasteiger partial charge is 0.275 e. The van der Waals surface area contributed by atoms with Crippen molar-refractivity contribution in [1.29, 1.82) is 5.26 Å². The number of hydrogen-bond acceptors (Lipinski definition) is 4. The van der Waals surface area contributed by atoms with Crippen LogP contribution in [0.25, 0.3) is 0 Å². The van der Waals surface area contributed by atoms with Crippen LogP contribution in [-0.4, -0.2) is 15.9 Å². The zero-order valence-electron chi connectivity index (χ0n) is 9.18. The van der Waals surface area contributed by atoms with Crippen molar-refractivity contribution >= 4 is 11.6 Å². The largest absolute Gasteiger partial charge is 0.325 e. The van der Waals surface area contributed by atoms with Crippen molar-refractivity contribution in [3.05, 3.63) is 58.3 Å². The number of benzene rings is 1. The molecule has 1 amide bonds. The molecule has 0 aliphatic rings. The fraction of sp³-hybridized carbons (Fsp3) is 0. The normalized spacial score (nSPS) is 9.50. The van der Waals surface area contributed by atoms with Gasteiger partial charge in [-0.3, -0.25) is 9.59 Å². The van der Waals surface area contributed by atoms with Gasteiger partial charge in [-0.2, -0.15) is 5.26 Å². The third kappa shape index (κ3) is 2.59. The molecule has 0 saturated carbocycles. The Bertz CT molecular complexity index is 647. The van der Waals surface area contributed by atoms with Gasteiger partial charge in [-0.25, -0.2) is 4.98 Å². The van der Waals surface area contributed by atoms with E-state index in [1.807, 2.05) is 6.07 Å². The lowest BCUT2D eigenvalue weighted by Gasteiger charge is -2.03. The molecule has 1 aromatic carbocycles. The molecule has 0 bridgehead atoms. The maximum absolute atomic E-state index is 11.7. The number of aromatic amines is 1. The van der Waals surface area contributed by atoms with E-state index in [0.717, 1.165) is 6.20 Å². The number of carbonyl (C=O) groups is 1. The Hall–Kier alpha value is -2.94. The molecule has 0 fully saturated rings. The summed E-state index contributed by atoms with van der Waals surface area (Å²) >= 11 is 0. The number of amides is 1. The molecule has 0 saturated heterocycles. The van der Waals surface area contributed by atoms with Crippen LogP contribution in [0.3, 0.4) is 0 Å². The quantitative estimate of drug-likeness (QED) is 0.814. The highest BCUT2D eigenvalue weighted by atomic mass is 16.2. The standard InChI is InChI=1S/C12H8N4O2/c13-5-8-1-3-9(4-2-8)16-12(18)10-6-15-11(17)7-14-10/h1-4,6-7H,(H,15,17)(H,16,18). The summed E-state index contributed by atoms with van der Waals surface area (Å²) in [5.41, 5.74) is 0.797. The number of nitrogens with one attached hydrogen (secondary N) is 2. The van der Waals surface area contributed by atoms with Crippen molar-refractivity contribution in [2.75, 3.05) is 5.32 Å².